The number of aryl methyl sites for hydroxylation is 2. The Balaban J connectivity index is 1.77. The molecule has 3 rings (SSSR count). The van der Waals surface area contributed by atoms with Gasteiger partial charge in [0.1, 0.15) is 0 Å². The van der Waals surface area contributed by atoms with Crippen LogP contribution in [0.3, 0.4) is 0 Å². The Hall–Kier alpha value is -1.89. The summed E-state index contributed by atoms with van der Waals surface area (Å²) in [5, 5.41) is 11.9. The Labute approximate surface area is 127 Å². The maximum Gasteiger partial charge on any atom is 0.240 e. The number of aromatic nitrogens is 4. The Morgan fingerprint density at radius 3 is 2.71 bits per heavy atom. The van der Waals surface area contributed by atoms with Crippen LogP contribution in [0, 0.1) is 6.92 Å². The summed E-state index contributed by atoms with van der Waals surface area (Å²) in [6, 6.07) is 8.08. The van der Waals surface area contributed by atoms with Gasteiger partial charge in [0.2, 0.25) is 11.1 Å². The van der Waals surface area contributed by atoms with Gasteiger partial charge in [0.15, 0.2) is 0 Å². The predicted octanol–water partition coefficient (Wildman–Crippen LogP) is 1.81. The van der Waals surface area contributed by atoms with E-state index in [9.17, 15) is 4.79 Å². The highest BCUT2D eigenvalue weighted by Crippen LogP contribution is 2.31. The topological polar surface area (TPSA) is 63.9 Å². The number of rotatable bonds is 3. The van der Waals surface area contributed by atoms with Crippen molar-refractivity contribution in [3.05, 3.63) is 29.8 Å². The van der Waals surface area contributed by atoms with E-state index in [1.807, 2.05) is 36.1 Å². The molecule has 1 amide bonds. The minimum Gasteiger partial charge on any atom is -0.311 e. The minimum absolute atomic E-state index is 0.121. The summed E-state index contributed by atoms with van der Waals surface area (Å²) in [6.07, 6.45) is 1.85. The van der Waals surface area contributed by atoms with Crippen molar-refractivity contribution in [1.82, 2.24) is 20.2 Å². The summed E-state index contributed by atoms with van der Waals surface area (Å²) in [6.45, 7) is 2.82. The van der Waals surface area contributed by atoms with Crippen molar-refractivity contribution in [2.75, 3.05) is 11.4 Å². The van der Waals surface area contributed by atoms with Crippen LogP contribution in [-0.2, 0) is 11.8 Å². The smallest absolute Gasteiger partial charge is 0.240 e. The fraction of sp³-hybridized carbons (Fsp3) is 0.429. The molecule has 21 heavy (non-hydrogen) atoms. The number of amides is 1. The van der Waals surface area contributed by atoms with Gasteiger partial charge in [-0.1, -0.05) is 29.5 Å². The molecule has 1 aliphatic heterocycles. The quantitative estimate of drug-likeness (QED) is 0.865. The van der Waals surface area contributed by atoms with Crippen LogP contribution >= 0.6 is 11.8 Å². The maximum absolute atomic E-state index is 12.7. The maximum atomic E-state index is 12.7. The molecule has 2 aromatic rings. The van der Waals surface area contributed by atoms with Crippen LogP contribution in [0.1, 0.15) is 18.4 Å². The van der Waals surface area contributed by atoms with Crippen molar-refractivity contribution < 1.29 is 4.79 Å². The third-order valence-electron chi connectivity index (χ3n) is 3.56. The number of piperidine rings is 1. The number of hydrogen-bond donors (Lipinski definition) is 0. The normalized spacial score (nSPS) is 19.0. The second-order valence-corrected chi connectivity index (χ2v) is 6.33. The lowest BCUT2D eigenvalue weighted by molar-refractivity contribution is -0.119. The van der Waals surface area contributed by atoms with Crippen LogP contribution in [0.25, 0.3) is 0 Å². The number of nitrogens with zero attached hydrogens (tertiary/aromatic N) is 5. The van der Waals surface area contributed by atoms with Crippen molar-refractivity contribution >= 4 is 23.4 Å². The molecule has 0 spiro atoms. The molecule has 7 heteroatoms. The van der Waals surface area contributed by atoms with Crippen molar-refractivity contribution in [3.63, 3.8) is 0 Å². The average Bonchev–Trinajstić information content (AvgIpc) is 2.88. The van der Waals surface area contributed by atoms with Crippen molar-refractivity contribution in [2.24, 2.45) is 7.05 Å². The molecule has 6 nitrogen and oxygen atoms in total. The first-order valence-corrected chi connectivity index (χ1v) is 7.80. The second-order valence-electron chi connectivity index (χ2n) is 5.16. The lowest BCUT2D eigenvalue weighted by Crippen LogP contribution is -2.43. The van der Waals surface area contributed by atoms with Crippen LogP contribution in [0.4, 0.5) is 5.69 Å². The lowest BCUT2D eigenvalue weighted by atomic mass is 10.1. The number of tetrazole rings is 1. The molecule has 2 heterocycles. The number of carbonyl (C=O) groups excluding carboxylic acids is 1. The SMILES string of the molecule is Cc1ccc(N2CCC[C@H](Sc3nnnn3C)C2=O)cc1. The van der Waals surface area contributed by atoms with Crippen LogP contribution in [-0.4, -0.2) is 37.9 Å². The number of carbonyl (C=O) groups is 1. The molecule has 1 saturated heterocycles. The molecular weight excluding hydrogens is 286 g/mol. The first kappa shape index (κ1) is 14.1. The zero-order valence-electron chi connectivity index (χ0n) is 12.1. The molecule has 1 aliphatic rings. The first-order chi connectivity index (χ1) is 10.1. The van der Waals surface area contributed by atoms with Gasteiger partial charge in [0.05, 0.1) is 5.25 Å². The van der Waals surface area contributed by atoms with Crippen molar-refractivity contribution in [2.45, 2.75) is 30.2 Å². The molecule has 0 radical (unpaired) electrons. The predicted molar refractivity (Wildman–Crippen MR) is 81.2 cm³/mol. The summed E-state index contributed by atoms with van der Waals surface area (Å²) in [7, 11) is 1.79. The molecule has 110 valence electrons. The van der Waals surface area contributed by atoms with Gasteiger partial charge in [-0.3, -0.25) is 4.79 Å². The zero-order valence-corrected chi connectivity index (χ0v) is 12.9. The highest BCUT2D eigenvalue weighted by atomic mass is 32.2. The number of thioether (sulfide) groups is 1. The Morgan fingerprint density at radius 2 is 2.05 bits per heavy atom. The van der Waals surface area contributed by atoms with E-state index in [2.05, 4.69) is 15.5 Å². The van der Waals surface area contributed by atoms with Gasteiger partial charge in [-0.05, 0) is 42.3 Å². The summed E-state index contributed by atoms with van der Waals surface area (Å²) < 4.78 is 1.60. The molecule has 1 aromatic carbocycles. The molecule has 0 saturated carbocycles. The van der Waals surface area contributed by atoms with E-state index in [4.69, 9.17) is 0 Å². The summed E-state index contributed by atoms with van der Waals surface area (Å²) in [4.78, 5) is 14.5. The van der Waals surface area contributed by atoms with E-state index >= 15 is 0 Å². The third kappa shape index (κ3) is 2.92. The highest BCUT2D eigenvalue weighted by Gasteiger charge is 2.31. The van der Waals surface area contributed by atoms with Gasteiger partial charge < -0.3 is 4.90 Å². The Morgan fingerprint density at radius 1 is 1.29 bits per heavy atom. The van der Waals surface area contributed by atoms with Gasteiger partial charge in [-0.25, -0.2) is 4.68 Å². The van der Waals surface area contributed by atoms with Crippen LogP contribution < -0.4 is 4.90 Å². The Bertz CT molecular complexity index is 639. The van der Waals surface area contributed by atoms with E-state index in [-0.39, 0.29) is 11.2 Å². The lowest BCUT2D eigenvalue weighted by Gasteiger charge is -2.31. The monoisotopic (exact) mass is 303 g/mol. The molecule has 1 aromatic heterocycles. The summed E-state index contributed by atoms with van der Waals surface area (Å²) in [5.74, 6) is 0.137. The number of benzene rings is 1. The van der Waals surface area contributed by atoms with Crippen molar-refractivity contribution in [1.29, 1.82) is 0 Å². The van der Waals surface area contributed by atoms with Gasteiger partial charge in [-0.15, -0.1) is 5.10 Å². The molecule has 0 N–H and O–H groups in total. The van der Waals surface area contributed by atoms with Crippen LogP contribution in [0.2, 0.25) is 0 Å². The van der Waals surface area contributed by atoms with Gasteiger partial charge >= 0.3 is 0 Å². The molecule has 0 aliphatic carbocycles. The van der Waals surface area contributed by atoms with E-state index in [0.29, 0.717) is 5.16 Å². The van der Waals surface area contributed by atoms with Crippen LogP contribution in [0.15, 0.2) is 29.4 Å². The third-order valence-corrected chi connectivity index (χ3v) is 4.84. The molecule has 1 fully saturated rings. The highest BCUT2D eigenvalue weighted by molar-refractivity contribution is 8.00. The summed E-state index contributed by atoms with van der Waals surface area (Å²) in [5.41, 5.74) is 2.16. The van der Waals surface area contributed by atoms with Crippen molar-refractivity contribution in [3.8, 4) is 0 Å². The largest absolute Gasteiger partial charge is 0.311 e. The Kier molecular flexibility index (Phi) is 3.92. The fourth-order valence-electron chi connectivity index (χ4n) is 2.38. The van der Waals surface area contributed by atoms with Crippen LogP contribution in [0.5, 0.6) is 0 Å². The standard InChI is InChI=1S/C14H17N5OS/c1-10-5-7-11(8-6-10)19-9-3-4-12(13(19)20)21-14-15-16-17-18(14)2/h5-8,12H,3-4,9H2,1-2H3/t12-/m0/s1. The van der Waals surface area contributed by atoms with Gasteiger partial charge in [0.25, 0.3) is 0 Å². The second kappa shape index (κ2) is 5.85. The minimum atomic E-state index is -0.121. The van der Waals surface area contributed by atoms with E-state index < -0.39 is 0 Å². The van der Waals surface area contributed by atoms with E-state index in [0.717, 1.165) is 25.1 Å². The molecule has 1 atom stereocenters. The zero-order chi connectivity index (χ0) is 14.8. The first-order valence-electron chi connectivity index (χ1n) is 6.92. The fourth-order valence-corrected chi connectivity index (χ4v) is 3.42. The number of anilines is 1. The van der Waals surface area contributed by atoms with E-state index in [1.165, 1.54) is 17.3 Å². The number of hydrogen-bond acceptors (Lipinski definition) is 5. The molecule has 0 bridgehead atoms. The summed E-state index contributed by atoms with van der Waals surface area (Å²) >= 11 is 1.44. The molecular formula is C14H17N5OS. The average molecular weight is 303 g/mol. The van der Waals surface area contributed by atoms with E-state index in [1.54, 1.807) is 11.7 Å². The van der Waals surface area contributed by atoms with Gasteiger partial charge in [0, 0.05) is 19.3 Å². The van der Waals surface area contributed by atoms with Gasteiger partial charge in [-0.2, -0.15) is 0 Å². The molecule has 0 unspecified atom stereocenters.